The van der Waals surface area contributed by atoms with Crippen LogP contribution in [0.15, 0.2) is 60.8 Å². The molecule has 0 rings (SSSR count). The van der Waals surface area contributed by atoms with E-state index in [9.17, 15) is 9.59 Å². The van der Waals surface area contributed by atoms with Gasteiger partial charge in [0.05, 0.1) is 6.61 Å². The quantitative estimate of drug-likeness (QED) is 0.0346. The summed E-state index contributed by atoms with van der Waals surface area (Å²) in [5.74, 6) is -0.412. The minimum atomic E-state index is -0.545. The Labute approximate surface area is 385 Å². The Morgan fingerprint density at radius 1 is 0.371 bits per heavy atom. The van der Waals surface area contributed by atoms with Crippen LogP contribution in [0.25, 0.3) is 0 Å². The molecule has 0 aliphatic carbocycles. The largest absolute Gasteiger partial charge is 0.462 e. The Morgan fingerprint density at radius 3 is 1.19 bits per heavy atom. The fraction of sp³-hybridized carbons (Fsp3) is 0.789. The van der Waals surface area contributed by atoms with Gasteiger partial charge >= 0.3 is 11.9 Å². The van der Waals surface area contributed by atoms with Crippen molar-refractivity contribution in [3.05, 3.63) is 60.8 Å². The van der Waals surface area contributed by atoms with Crippen molar-refractivity contribution in [2.75, 3.05) is 19.8 Å². The Hall–Kier alpha value is -2.40. The number of hydrogen-bond acceptors (Lipinski definition) is 5. The molecule has 0 N–H and O–H groups in total. The van der Waals surface area contributed by atoms with Crippen LogP contribution >= 0.6 is 0 Å². The van der Waals surface area contributed by atoms with Gasteiger partial charge in [-0.25, -0.2) is 0 Å². The lowest BCUT2D eigenvalue weighted by atomic mass is 10.1. The molecule has 62 heavy (non-hydrogen) atoms. The monoisotopic (exact) mass is 867 g/mol. The summed E-state index contributed by atoms with van der Waals surface area (Å²) < 4.78 is 17.4. The molecule has 0 radical (unpaired) electrons. The lowest BCUT2D eigenvalue weighted by molar-refractivity contribution is -0.163. The van der Waals surface area contributed by atoms with Gasteiger partial charge in [-0.15, -0.1) is 0 Å². The highest BCUT2D eigenvalue weighted by molar-refractivity contribution is 5.70. The van der Waals surface area contributed by atoms with E-state index in [1.165, 1.54) is 154 Å². The number of ether oxygens (including phenoxy) is 3. The average Bonchev–Trinajstić information content (AvgIpc) is 3.27. The van der Waals surface area contributed by atoms with Crippen LogP contribution in [-0.4, -0.2) is 37.9 Å². The third kappa shape index (κ3) is 50.2. The van der Waals surface area contributed by atoms with Crippen LogP contribution in [0.2, 0.25) is 0 Å². The highest BCUT2D eigenvalue weighted by Crippen LogP contribution is 2.15. The molecular weight excluding hydrogens is 765 g/mol. The molecule has 1 unspecified atom stereocenters. The Balaban J connectivity index is 4.25. The maximum absolute atomic E-state index is 12.8. The molecule has 360 valence electrons. The Bertz CT molecular complexity index is 1070. The zero-order valence-electron chi connectivity index (χ0n) is 41.4. The van der Waals surface area contributed by atoms with Crippen molar-refractivity contribution in [3.63, 3.8) is 0 Å². The Kier molecular flexibility index (Phi) is 50.9. The number of hydrogen-bond donors (Lipinski definition) is 0. The fourth-order valence-electron chi connectivity index (χ4n) is 7.56. The molecule has 0 heterocycles. The average molecular weight is 867 g/mol. The van der Waals surface area contributed by atoms with E-state index in [4.69, 9.17) is 14.2 Å². The van der Waals surface area contributed by atoms with E-state index in [1.807, 2.05) is 0 Å². The van der Waals surface area contributed by atoms with Crippen LogP contribution in [0.5, 0.6) is 0 Å². The van der Waals surface area contributed by atoms with Gasteiger partial charge in [-0.2, -0.15) is 0 Å². The number of carbonyl (C=O) groups excluding carboxylic acids is 2. The predicted molar refractivity (Wildman–Crippen MR) is 270 cm³/mol. The number of unbranched alkanes of at least 4 members (excludes halogenated alkanes) is 28. The van der Waals surface area contributed by atoms with Crippen LogP contribution in [0, 0.1) is 0 Å². The minimum absolute atomic E-state index is 0.0776. The van der Waals surface area contributed by atoms with Gasteiger partial charge in [0.2, 0.25) is 0 Å². The van der Waals surface area contributed by atoms with Crippen LogP contribution in [-0.2, 0) is 23.8 Å². The summed E-state index contributed by atoms with van der Waals surface area (Å²) in [5, 5.41) is 0. The third-order valence-corrected chi connectivity index (χ3v) is 11.5. The van der Waals surface area contributed by atoms with Gasteiger partial charge in [-0.1, -0.05) is 229 Å². The van der Waals surface area contributed by atoms with E-state index in [-0.39, 0.29) is 25.2 Å². The van der Waals surface area contributed by atoms with Crippen molar-refractivity contribution in [3.8, 4) is 0 Å². The Morgan fingerprint density at radius 2 is 0.726 bits per heavy atom. The van der Waals surface area contributed by atoms with Gasteiger partial charge in [-0.05, 0) is 83.5 Å². The second-order valence-electron chi connectivity index (χ2n) is 17.8. The van der Waals surface area contributed by atoms with Gasteiger partial charge in [0.15, 0.2) is 6.10 Å². The van der Waals surface area contributed by atoms with Crippen molar-refractivity contribution in [1.82, 2.24) is 0 Å². The summed E-state index contributed by atoms with van der Waals surface area (Å²) in [4.78, 5) is 25.4. The zero-order valence-corrected chi connectivity index (χ0v) is 41.4. The lowest BCUT2D eigenvalue weighted by Crippen LogP contribution is -2.30. The molecule has 0 saturated carbocycles. The smallest absolute Gasteiger partial charge is 0.306 e. The van der Waals surface area contributed by atoms with Crippen molar-refractivity contribution in [1.29, 1.82) is 0 Å². The number of rotatable bonds is 49. The van der Waals surface area contributed by atoms with E-state index < -0.39 is 6.10 Å². The summed E-state index contributed by atoms with van der Waals surface area (Å²) in [7, 11) is 0. The highest BCUT2D eigenvalue weighted by atomic mass is 16.6. The first-order valence-electron chi connectivity index (χ1n) is 26.8. The number of allylic oxidation sites excluding steroid dienone is 10. The summed E-state index contributed by atoms with van der Waals surface area (Å²) in [6, 6.07) is 0. The minimum Gasteiger partial charge on any atom is -0.462 e. The van der Waals surface area contributed by atoms with Crippen molar-refractivity contribution in [2.24, 2.45) is 0 Å². The summed E-state index contributed by atoms with van der Waals surface area (Å²) in [6.45, 7) is 7.70. The number of esters is 2. The molecule has 0 aliphatic rings. The van der Waals surface area contributed by atoms with E-state index in [0.29, 0.717) is 19.4 Å². The van der Waals surface area contributed by atoms with Gasteiger partial charge in [0.1, 0.15) is 6.61 Å². The molecule has 0 aliphatic heterocycles. The maximum Gasteiger partial charge on any atom is 0.306 e. The van der Waals surface area contributed by atoms with Crippen molar-refractivity contribution >= 4 is 11.9 Å². The van der Waals surface area contributed by atoms with Gasteiger partial charge in [-0.3, -0.25) is 9.59 Å². The lowest BCUT2D eigenvalue weighted by Gasteiger charge is -2.18. The van der Waals surface area contributed by atoms with Crippen LogP contribution < -0.4 is 0 Å². The first-order valence-corrected chi connectivity index (χ1v) is 26.8. The fourth-order valence-corrected chi connectivity index (χ4v) is 7.56. The van der Waals surface area contributed by atoms with Crippen LogP contribution in [0.4, 0.5) is 0 Å². The third-order valence-electron chi connectivity index (χ3n) is 11.5. The van der Waals surface area contributed by atoms with E-state index in [0.717, 1.165) is 77.0 Å². The van der Waals surface area contributed by atoms with Crippen LogP contribution in [0.1, 0.15) is 265 Å². The SMILES string of the molecule is CC/C=C\C/C=C\C/C=C\CCCCCCCC(=O)OC(COCCCCCCCCCCCCCC)COC(=O)CCCCCCCCCCC/C=C\C/C=C\CCCCC. The topological polar surface area (TPSA) is 61.8 Å². The maximum atomic E-state index is 12.8. The molecule has 0 amide bonds. The van der Waals surface area contributed by atoms with E-state index in [1.54, 1.807) is 0 Å². The molecule has 5 heteroatoms. The van der Waals surface area contributed by atoms with Gasteiger partial charge in [0, 0.05) is 19.4 Å². The molecule has 0 aromatic heterocycles. The van der Waals surface area contributed by atoms with E-state index in [2.05, 4.69) is 81.5 Å². The zero-order chi connectivity index (χ0) is 44.9. The molecule has 0 fully saturated rings. The predicted octanol–water partition coefficient (Wildman–Crippen LogP) is 18.1. The molecule has 5 nitrogen and oxygen atoms in total. The molecule has 0 spiro atoms. The van der Waals surface area contributed by atoms with Gasteiger partial charge < -0.3 is 14.2 Å². The first-order chi connectivity index (χ1) is 30.6. The number of carbonyl (C=O) groups is 2. The summed E-state index contributed by atoms with van der Waals surface area (Å²) >= 11 is 0. The van der Waals surface area contributed by atoms with Gasteiger partial charge in [0.25, 0.3) is 0 Å². The van der Waals surface area contributed by atoms with Crippen molar-refractivity contribution < 1.29 is 23.8 Å². The van der Waals surface area contributed by atoms with Crippen molar-refractivity contribution in [2.45, 2.75) is 271 Å². The standard InChI is InChI=1S/C57H102O5/c1-4-7-10-13-16-19-22-25-27-28-29-30-32-33-35-38-41-44-47-50-56(58)61-54-55(53-60-52-49-46-43-40-37-24-21-18-15-12-9-6-3)62-57(59)51-48-45-42-39-36-34-31-26-23-20-17-14-11-8-5-2/h8,11,16-17,19-20,25-27,31,55H,4-7,9-10,12-15,18,21-24,28-30,32-54H2,1-3H3/b11-8-,19-16-,20-17-,27-25-,31-26-. The normalized spacial score (nSPS) is 12.6. The molecular formula is C57H102O5. The second-order valence-corrected chi connectivity index (χ2v) is 17.8. The molecule has 0 saturated heterocycles. The van der Waals surface area contributed by atoms with Crippen LogP contribution in [0.3, 0.4) is 0 Å². The summed E-state index contributed by atoms with van der Waals surface area (Å²) in [5.41, 5.74) is 0. The summed E-state index contributed by atoms with van der Waals surface area (Å²) in [6.07, 6.45) is 66.5. The second kappa shape index (κ2) is 52.9. The van der Waals surface area contributed by atoms with E-state index >= 15 is 0 Å². The molecule has 0 aromatic carbocycles. The molecule has 0 aromatic rings. The first kappa shape index (κ1) is 59.6. The molecule has 0 bridgehead atoms. The highest BCUT2D eigenvalue weighted by Gasteiger charge is 2.17. The molecule has 1 atom stereocenters.